The van der Waals surface area contributed by atoms with Crippen LogP contribution in [-0.2, 0) is 0 Å². The topological polar surface area (TPSA) is 89.3 Å². The molecule has 0 aliphatic rings. The number of benzene rings is 1. The first-order valence-corrected chi connectivity index (χ1v) is 6.61. The van der Waals surface area contributed by atoms with Gasteiger partial charge in [0.1, 0.15) is 0 Å². The molecule has 0 fully saturated rings. The number of anilines is 1. The number of primary amides is 1. The molecular formula is C14H12N2O3S. The van der Waals surface area contributed by atoms with Crippen molar-refractivity contribution in [3.8, 4) is 0 Å². The molecule has 0 saturated carbocycles. The lowest BCUT2D eigenvalue weighted by molar-refractivity contribution is 0.0996. The number of rotatable bonds is 4. The predicted octanol–water partition coefficient (Wildman–Crippen LogP) is 2.30. The van der Waals surface area contributed by atoms with E-state index in [1.807, 2.05) is 0 Å². The molecule has 2 rings (SSSR count). The van der Waals surface area contributed by atoms with E-state index >= 15 is 0 Å². The Labute approximate surface area is 119 Å². The first-order valence-electron chi connectivity index (χ1n) is 5.79. The molecule has 6 heteroatoms. The first-order chi connectivity index (χ1) is 9.47. The molecule has 2 amide bonds. The van der Waals surface area contributed by atoms with Crippen LogP contribution in [0.5, 0.6) is 0 Å². The van der Waals surface area contributed by atoms with Gasteiger partial charge in [-0.05, 0) is 43.3 Å². The molecule has 0 atom stereocenters. The van der Waals surface area contributed by atoms with Crippen molar-refractivity contribution in [1.29, 1.82) is 0 Å². The van der Waals surface area contributed by atoms with Gasteiger partial charge >= 0.3 is 0 Å². The highest BCUT2D eigenvalue weighted by Gasteiger charge is 2.11. The molecule has 1 heterocycles. The number of amides is 2. The van der Waals surface area contributed by atoms with Gasteiger partial charge in [-0.15, -0.1) is 11.3 Å². The fourth-order valence-electron chi connectivity index (χ4n) is 1.56. The van der Waals surface area contributed by atoms with E-state index in [1.54, 1.807) is 24.3 Å². The third-order valence-corrected chi connectivity index (χ3v) is 3.79. The van der Waals surface area contributed by atoms with Crippen molar-refractivity contribution in [1.82, 2.24) is 0 Å². The van der Waals surface area contributed by atoms with Gasteiger partial charge in [-0.2, -0.15) is 0 Å². The van der Waals surface area contributed by atoms with Gasteiger partial charge in [-0.25, -0.2) is 0 Å². The average molecular weight is 288 g/mol. The summed E-state index contributed by atoms with van der Waals surface area (Å²) in [6, 6.07) is 9.49. The molecule has 0 aliphatic carbocycles. The summed E-state index contributed by atoms with van der Waals surface area (Å²) in [5.74, 6) is -0.888. The van der Waals surface area contributed by atoms with Crippen LogP contribution in [-0.4, -0.2) is 17.6 Å². The molecule has 0 spiro atoms. The van der Waals surface area contributed by atoms with Crippen LogP contribution < -0.4 is 11.1 Å². The Hall–Kier alpha value is -2.47. The van der Waals surface area contributed by atoms with Gasteiger partial charge in [-0.3, -0.25) is 14.4 Å². The van der Waals surface area contributed by atoms with Crippen LogP contribution in [0.4, 0.5) is 5.69 Å². The van der Waals surface area contributed by atoms with E-state index in [0.717, 1.165) is 11.3 Å². The quantitative estimate of drug-likeness (QED) is 0.846. The van der Waals surface area contributed by atoms with Crippen LogP contribution in [0.15, 0.2) is 36.4 Å². The van der Waals surface area contributed by atoms with Crippen LogP contribution in [0, 0.1) is 0 Å². The number of carbonyl (C=O) groups excluding carboxylic acids is 3. The van der Waals surface area contributed by atoms with Gasteiger partial charge in [0, 0.05) is 11.3 Å². The summed E-state index contributed by atoms with van der Waals surface area (Å²) in [6.07, 6.45) is 0. The molecule has 20 heavy (non-hydrogen) atoms. The predicted molar refractivity (Wildman–Crippen MR) is 77.2 cm³/mol. The van der Waals surface area contributed by atoms with E-state index in [-0.39, 0.29) is 11.7 Å². The van der Waals surface area contributed by atoms with Crippen molar-refractivity contribution in [3.05, 3.63) is 51.7 Å². The molecule has 102 valence electrons. The van der Waals surface area contributed by atoms with E-state index in [0.29, 0.717) is 21.0 Å². The summed E-state index contributed by atoms with van der Waals surface area (Å²) in [6.45, 7) is 1.45. The van der Waals surface area contributed by atoms with Crippen molar-refractivity contribution in [2.75, 3.05) is 5.32 Å². The molecule has 3 N–H and O–H groups in total. The molecule has 5 nitrogen and oxygen atoms in total. The standard InChI is InChI=1S/C14H12N2O3S/c1-8(17)11-6-7-12(20-11)14(19)16-10-4-2-9(3-5-10)13(15)18/h2-7H,1H3,(H2,15,18)(H,16,19). The Kier molecular flexibility index (Phi) is 3.95. The van der Waals surface area contributed by atoms with Crippen LogP contribution in [0.1, 0.15) is 36.6 Å². The van der Waals surface area contributed by atoms with Gasteiger partial charge in [-0.1, -0.05) is 0 Å². The van der Waals surface area contributed by atoms with Gasteiger partial charge in [0.2, 0.25) is 5.91 Å². The third kappa shape index (κ3) is 3.10. The largest absolute Gasteiger partial charge is 0.366 e. The van der Waals surface area contributed by atoms with E-state index in [9.17, 15) is 14.4 Å². The smallest absolute Gasteiger partial charge is 0.265 e. The number of hydrogen-bond donors (Lipinski definition) is 2. The normalized spacial score (nSPS) is 10.1. The Morgan fingerprint density at radius 1 is 1.00 bits per heavy atom. The van der Waals surface area contributed by atoms with Crippen molar-refractivity contribution in [2.45, 2.75) is 6.92 Å². The minimum Gasteiger partial charge on any atom is -0.366 e. The average Bonchev–Trinajstić information content (AvgIpc) is 2.89. The maximum atomic E-state index is 12.0. The first kappa shape index (κ1) is 14.0. The minimum atomic E-state index is -0.521. The summed E-state index contributed by atoms with van der Waals surface area (Å²) < 4.78 is 0. The van der Waals surface area contributed by atoms with Gasteiger partial charge in [0.25, 0.3) is 5.91 Å². The van der Waals surface area contributed by atoms with Crippen LogP contribution >= 0.6 is 11.3 Å². The highest BCUT2D eigenvalue weighted by Crippen LogP contribution is 2.19. The number of ketones is 1. The van der Waals surface area contributed by atoms with Crippen LogP contribution in [0.25, 0.3) is 0 Å². The highest BCUT2D eigenvalue weighted by atomic mass is 32.1. The Balaban J connectivity index is 2.10. The number of nitrogens with one attached hydrogen (secondary N) is 1. The second-order valence-electron chi connectivity index (χ2n) is 4.12. The van der Waals surface area contributed by atoms with Crippen molar-refractivity contribution < 1.29 is 14.4 Å². The SMILES string of the molecule is CC(=O)c1ccc(C(=O)Nc2ccc(C(N)=O)cc2)s1. The minimum absolute atomic E-state index is 0.0696. The third-order valence-electron chi connectivity index (χ3n) is 2.60. The lowest BCUT2D eigenvalue weighted by Crippen LogP contribution is -2.12. The van der Waals surface area contributed by atoms with Crippen LogP contribution in [0.2, 0.25) is 0 Å². The van der Waals surface area contributed by atoms with E-state index in [4.69, 9.17) is 5.73 Å². The molecule has 1 aromatic carbocycles. The van der Waals surface area contributed by atoms with E-state index in [2.05, 4.69) is 5.32 Å². The van der Waals surface area contributed by atoms with Crippen molar-refractivity contribution in [3.63, 3.8) is 0 Å². The summed E-state index contributed by atoms with van der Waals surface area (Å²) in [5, 5.41) is 2.68. The molecule has 0 saturated heterocycles. The number of nitrogens with two attached hydrogens (primary N) is 1. The summed E-state index contributed by atoms with van der Waals surface area (Å²) in [5.41, 5.74) is 6.06. The Morgan fingerprint density at radius 3 is 2.10 bits per heavy atom. The fourth-order valence-corrected chi connectivity index (χ4v) is 2.36. The number of Topliss-reactive ketones (excluding diaryl/α,β-unsaturated/α-hetero) is 1. The molecule has 0 bridgehead atoms. The lowest BCUT2D eigenvalue weighted by Gasteiger charge is -2.03. The van der Waals surface area contributed by atoms with Gasteiger partial charge < -0.3 is 11.1 Å². The molecule has 0 radical (unpaired) electrons. The number of hydrogen-bond acceptors (Lipinski definition) is 4. The van der Waals surface area contributed by atoms with E-state index in [1.165, 1.54) is 19.1 Å². The Bertz CT molecular complexity index is 674. The zero-order valence-corrected chi connectivity index (χ0v) is 11.5. The summed E-state index contributed by atoms with van der Waals surface area (Å²) in [4.78, 5) is 35.1. The summed E-state index contributed by atoms with van der Waals surface area (Å²) in [7, 11) is 0. The Morgan fingerprint density at radius 2 is 1.60 bits per heavy atom. The summed E-state index contributed by atoms with van der Waals surface area (Å²) >= 11 is 1.14. The molecule has 2 aromatic rings. The molecular weight excluding hydrogens is 276 g/mol. The van der Waals surface area contributed by atoms with Crippen molar-refractivity contribution >= 4 is 34.6 Å². The zero-order chi connectivity index (χ0) is 14.7. The monoisotopic (exact) mass is 288 g/mol. The van der Waals surface area contributed by atoms with Crippen LogP contribution in [0.3, 0.4) is 0 Å². The molecule has 0 aliphatic heterocycles. The zero-order valence-electron chi connectivity index (χ0n) is 10.7. The highest BCUT2D eigenvalue weighted by molar-refractivity contribution is 7.16. The van der Waals surface area contributed by atoms with Gasteiger partial charge in [0.15, 0.2) is 5.78 Å². The number of carbonyl (C=O) groups is 3. The fraction of sp³-hybridized carbons (Fsp3) is 0.0714. The van der Waals surface area contributed by atoms with E-state index < -0.39 is 5.91 Å². The van der Waals surface area contributed by atoms with Gasteiger partial charge in [0.05, 0.1) is 9.75 Å². The number of thiophene rings is 1. The second kappa shape index (κ2) is 5.66. The molecule has 0 unspecified atom stereocenters. The maximum Gasteiger partial charge on any atom is 0.265 e. The van der Waals surface area contributed by atoms with Crippen molar-refractivity contribution in [2.24, 2.45) is 5.73 Å². The second-order valence-corrected chi connectivity index (χ2v) is 5.20. The lowest BCUT2D eigenvalue weighted by atomic mass is 10.2. The molecule has 1 aromatic heterocycles. The maximum absolute atomic E-state index is 12.0.